The molecule has 1 aliphatic carbocycles. The molecule has 0 bridgehead atoms. The smallest absolute Gasteiger partial charge is 0.368 e. The molecule has 1 fully saturated rings. The van der Waals surface area contributed by atoms with Crippen molar-refractivity contribution in [3.63, 3.8) is 0 Å². The van der Waals surface area contributed by atoms with Crippen molar-refractivity contribution >= 4 is 23.1 Å². The molecule has 1 aromatic heterocycles. The first kappa shape index (κ1) is 22.3. The molecule has 3 rings (SSSR count). The number of aromatic nitrogens is 1. The number of carbonyl (C=O) groups is 1. The number of hydrogen-bond acceptors (Lipinski definition) is 5. The zero-order chi connectivity index (χ0) is 21.7. The summed E-state index contributed by atoms with van der Waals surface area (Å²) in [5, 5.41) is 7.30. The van der Waals surface area contributed by atoms with Gasteiger partial charge in [0.05, 0.1) is 12.2 Å². The topological polar surface area (TPSA) is 73.6 Å². The fraction of sp³-hybridized carbons (Fsp3) is 0.400. The summed E-state index contributed by atoms with van der Waals surface area (Å²) in [6, 6.07) is 8.92. The molecule has 10 heteroatoms. The number of carbonyl (C=O) groups excluding carboxylic acids is 1. The van der Waals surface area contributed by atoms with Crippen molar-refractivity contribution in [2.75, 3.05) is 13.2 Å². The summed E-state index contributed by atoms with van der Waals surface area (Å²) in [4.78, 5) is 11.8. The third-order valence-corrected chi connectivity index (χ3v) is 4.80. The van der Waals surface area contributed by atoms with Crippen molar-refractivity contribution in [1.29, 1.82) is 0 Å². The van der Waals surface area contributed by atoms with E-state index in [9.17, 15) is 18.0 Å². The minimum Gasteiger partial charge on any atom is -0.368 e. The van der Waals surface area contributed by atoms with Gasteiger partial charge in [0, 0.05) is 36.0 Å². The van der Waals surface area contributed by atoms with Crippen LogP contribution >= 0.6 is 11.6 Å². The molecule has 1 heterocycles. The van der Waals surface area contributed by atoms with Gasteiger partial charge in [-0.15, -0.1) is 13.2 Å². The fourth-order valence-corrected chi connectivity index (χ4v) is 2.98. The molecule has 1 saturated carbocycles. The van der Waals surface area contributed by atoms with Gasteiger partial charge < -0.3 is 14.6 Å². The van der Waals surface area contributed by atoms with E-state index in [1.54, 1.807) is 18.2 Å². The van der Waals surface area contributed by atoms with Crippen LogP contribution in [-0.2, 0) is 14.3 Å². The summed E-state index contributed by atoms with van der Waals surface area (Å²) in [5.74, 6) is 0.151. The second-order valence-corrected chi connectivity index (χ2v) is 7.31. The first-order chi connectivity index (χ1) is 14.2. The maximum absolute atomic E-state index is 12.0. The Kier molecular flexibility index (Phi) is 7.17. The van der Waals surface area contributed by atoms with Crippen molar-refractivity contribution in [2.24, 2.45) is 0 Å². The van der Waals surface area contributed by atoms with Gasteiger partial charge >= 0.3 is 6.36 Å². The van der Waals surface area contributed by atoms with E-state index in [1.807, 2.05) is 12.1 Å². The van der Waals surface area contributed by atoms with Gasteiger partial charge in [-0.1, -0.05) is 35.5 Å². The molecule has 2 aromatic rings. The Balaban J connectivity index is 1.33. The van der Waals surface area contributed by atoms with Crippen molar-refractivity contribution in [2.45, 2.75) is 37.8 Å². The molecule has 6 nitrogen and oxygen atoms in total. The molecule has 1 N–H and O–H groups in total. The van der Waals surface area contributed by atoms with E-state index >= 15 is 0 Å². The number of ether oxygens (including phenoxy) is 2. The van der Waals surface area contributed by atoms with Crippen LogP contribution in [0.3, 0.4) is 0 Å². The number of alkyl halides is 3. The third-order valence-electron chi connectivity index (χ3n) is 4.55. The van der Waals surface area contributed by atoms with Gasteiger partial charge in [-0.25, -0.2) is 0 Å². The second-order valence-electron chi connectivity index (χ2n) is 6.88. The van der Waals surface area contributed by atoms with Crippen LogP contribution in [0.2, 0.25) is 5.02 Å². The lowest BCUT2D eigenvalue weighted by Gasteiger charge is -2.34. The van der Waals surface area contributed by atoms with Crippen LogP contribution in [-0.4, -0.2) is 42.8 Å². The molecule has 1 amide bonds. The first-order valence-electron chi connectivity index (χ1n) is 9.23. The van der Waals surface area contributed by atoms with E-state index < -0.39 is 18.6 Å². The third kappa shape index (κ3) is 6.58. The van der Waals surface area contributed by atoms with Crippen molar-refractivity contribution < 1.29 is 32.0 Å². The number of halogens is 4. The van der Waals surface area contributed by atoms with Gasteiger partial charge in [-0.05, 0) is 24.1 Å². The highest BCUT2D eigenvalue weighted by molar-refractivity contribution is 6.30. The average molecular weight is 445 g/mol. The molecule has 1 aromatic carbocycles. The Labute approximate surface area is 176 Å². The summed E-state index contributed by atoms with van der Waals surface area (Å²) in [5.41, 5.74) is 2.16. The Morgan fingerprint density at radius 3 is 2.63 bits per heavy atom. The highest BCUT2D eigenvalue weighted by Crippen LogP contribution is 2.32. The number of nitrogens with zero attached hydrogens (tertiary/aromatic N) is 1. The molecule has 0 aliphatic heterocycles. The van der Waals surface area contributed by atoms with Gasteiger partial charge in [-0.2, -0.15) is 0 Å². The summed E-state index contributed by atoms with van der Waals surface area (Å²) in [6.45, 7) is 4.02. The Morgan fingerprint density at radius 1 is 1.27 bits per heavy atom. The zero-order valence-corrected chi connectivity index (χ0v) is 16.6. The minimum atomic E-state index is -4.64. The highest BCUT2D eigenvalue weighted by atomic mass is 35.5. The Bertz CT molecular complexity index is 877. The lowest BCUT2D eigenvalue weighted by Crippen LogP contribution is -2.42. The number of nitrogens with one attached hydrogen (secondary N) is 1. The minimum absolute atomic E-state index is 0.116. The van der Waals surface area contributed by atoms with Gasteiger partial charge in [0.1, 0.15) is 12.3 Å². The fourth-order valence-electron chi connectivity index (χ4n) is 2.86. The van der Waals surface area contributed by atoms with E-state index in [0.29, 0.717) is 35.0 Å². The monoisotopic (exact) mass is 444 g/mol. The molecule has 1 aliphatic rings. The number of benzene rings is 1. The lowest BCUT2D eigenvalue weighted by atomic mass is 9.92. The van der Waals surface area contributed by atoms with Crippen molar-refractivity contribution in [3.05, 3.63) is 47.7 Å². The summed E-state index contributed by atoms with van der Waals surface area (Å²) < 4.78 is 50.6. The van der Waals surface area contributed by atoms with Crippen LogP contribution in [0.15, 0.2) is 41.4 Å². The Morgan fingerprint density at radius 2 is 1.97 bits per heavy atom. The summed E-state index contributed by atoms with van der Waals surface area (Å²) in [6.07, 6.45) is -5.28. The largest absolute Gasteiger partial charge is 0.522 e. The molecule has 0 unspecified atom stereocenters. The normalized spacial score (nSPS) is 18.7. The zero-order valence-electron chi connectivity index (χ0n) is 15.9. The van der Waals surface area contributed by atoms with Crippen LogP contribution in [0.1, 0.15) is 25.0 Å². The van der Waals surface area contributed by atoms with E-state index in [4.69, 9.17) is 20.9 Å². The van der Waals surface area contributed by atoms with E-state index in [-0.39, 0.29) is 25.4 Å². The van der Waals surface area contributed by atoms with Crippen molar-refractivity contribution in [1.82, 2.24) is 10.5 Å². The maximum atomic E-state index is 12.0. The van der Waals surface area contributed by atoms with E-state index in [0.717, 1.165) is 5.56 Å². The molecule has 0 saturated heterocycles. The standard InChI is InChI=1S/C20H20ClF3N2O4/c1-12(18-10-17(26-30-18)13-2-4-14(21)5-3-13)6-7-25-19(27)11-28-15-8-16(9-15)29-20(22,23)24/h2-5,10,15-16H,1,6-9,11H2,(H,25,27)/t15-,16+. The summed E-state index contributed by atoms with van der Waals surface area (Å²) in [7, 11) is 0. The quantitative estimate of drug-likeness (QED) is 0.612. The van der Waals surface area contributed by atoms with Gasteiger partial charge in [0.2, 0.25) is 5.91 Å². The van der Waals surface area contributed by atoms with E-state index in [1.165, 1.54) is 0 Å². The predicted octanol–water partition coefficient (Wildman–Crippen LogP) is 4.60. The van der Waals surface area contributed by atoms with Crippen LogP contribution in [0, 0.1) is 0 Å². The van der Waals surface area contributed by atoms with E-state index in [2.05, 4.69) is 21.8 Å². The second kappa shape index (κ2) is 9.63. The van der Waals surface area contributed by atoms with Gasteiger partial charge in [-0.3, -0.25) is 9.53 Å². The molecular formula is C20H20ClF3N2O4. The molecule has 162 valence electrons. The predicted molar refractivity (Wildman–Crippen MR) is 104 cm³/mol. The summed E-state index contributed by atoms with van der Waals surface area (Å²) >= 11 is 5.87. The number of amides is 1. The average Bonchev–Trinajstić information content (AvgIpc) is 3.13. The first-order valence-corrected chi connectivity index (χ1v) is 9.61. The highest BCUT2D eigenvalue weighted by Gasteiger charge is 2.40. The maximum Gasteiger partial charge on any atom is 0.522 e. The Hall–Kier alpha value is -2.36. The SMILES string of the molecule is C=C(CCNC(=O)CO[C@H]1C[C@@H](OC(F)(F)F)C1)c1cc(-c2ccc(Cl)cc2)no1. The molecule has 30 heavy (non-hydrogen) atoms. The van der Waals surface area contributed by atoms with Crippen LogP contribution in [0.4, 0.5) is 13.2 Å². The molecular weight excluding hydrogens is 425 g/mol. The number of hydrogen-bond donors (Lipinski definition) is 1. The lowest BCUT2D eigenvalue weighted by molar-refractivity contribution is -0.357. The van der Waals surface area contributed by atoms with Crippen LogP contribution < -0.4 is 5.32 Å². The van der Waals surface area contributed by atoms with Crippen molar-refractivity contribution in [3.8, 4) is 11.3 Å². The molecule has 0 radical (unpaired) electrons. The van der Waals surface area contributed by atoms with Crippen LogP contribution in [0.25, 0.3) is 16.8 Å². The van der Waals surface area contributed by atoms with Gasteiger partial charge in [0.15, 0.2) is 5.76 Å². The number of rotatable bonds is 9. The van der Waals surface area contributed by atoms with Crippen LogP contribution in [0.5, 0.6) is 0 Å². The molecule has 0 atom stereocenters. The molecule has 0 spiro atoms. The van der Waals surface area contributed by atoms with Gasteiger partial charge in [0.25, 0.3) is 0 Å².